The summed E-state index contributed by atoms with van der Waals surface area (Å²) in [5.74, 6) is 2.39. The first-order chi connectivity index (χ1) is 15.0. The van der Waals surface area contributed by atoms with Gasteiger partial charge in [0.1, 0.15) is 11.5 Å². The van der Waals surface area contributed by atoms with E-state index >= 15 is 0 Å². The molecule has 0 radical (unpaired) electrons. The highest BCUT2D eigenvalue weighted by Crippen LogP contribution is 2.31. The second-order valence-corrected chi connectivity index (χ2v) is 8.22. The maximum Gasteiger partial charge on any atom is 0.119 e. The van der Waals surface area contributed by atoms with E-state index in [1.165, 1.54) is 16.7 Å². The molecule has 0 bridgehead atoms. The number of rotatable bonds is 10. The predicted molar refractivity (Wildman–Crippen MR) is 133 cm³/mol. The Morgan fingerprint density at radius 1 is 0.774 bits per heavy atom. The Kier molecular flexibility index (Phi) is 7.94. The Morgan fingerprint density at radius 2 is 1.39 bits per heavy atom. The third-order valence-corrected chi connectivity index (χ3v) is 5.77. The zero-order chi connectivity index (χ0) is 22.2. The summed E-state index contributed by atoms with van der Waals surface area (Å²) < 4.78 is 11.8. The van der Waals surface area contributed by atoms with Crippen LogP contribution in [0.5, 0.6) is 11.5 Å². The quantitative estimate of drug-likeness (QED) is 0.332. The molecule has 0 unspecified atom stereocenters. The molecule has 2 heteroatoms. The number of ether oxygens (including phenoxy) is 2. The fourth-order valence-corrected chi connectivity index (χ4v) is 3.30. The van der Waals surface area contributed by atoms with E-state index in [1.54, 1.807) is 0 Å². The minimum Gasteiger partial charge on any atom is -0.493 e. The molecule has 3 aromatic carbocycles. The van der Waals surface area contributed by atoms with E-state index in [0.717, 1.165) is 42.1 Å². The van der Waals surface area contributed by atoms with Crippen molar-refractivity contribution in [1.82, 2.24) is 0 Å². The van der Waals surface area contributed by atoms with Crippen molar-refractivity contribution in [1.29, 1.82) is 0 Å². The summed E-state index contributed by atoms with van der Waals surface area (Å²) in [5.41, 5.74) is 5.78. The van der Waals surface area contributed by atoms with Crippen molar-refractivity contribution in [2.75, 3.05) is 6.61 Å². The predicted octanol–water partition coefficient (Wildman–Crippen LogP) is 8.27. The molecule has 0 heterocycles. The highest BCUT2D eigenvalue weighted by atomic mass is 16.5. The molecule has 0 fully saturated rings. The molecule has 0 aliphatic heterocycles. The summed E-state index contributed by atoms with van der Waals surface area (Å²) in [5, 5.41) is 0. The van der Waals surface area contributed by atoms with Crippen LogP contribution in [0.15, 0.2) is 73.3 Å². The average molecular weight is 415 g/mol. The van der Waals surface area contributed by atoms with Gasteiger partial charge in [-0.3, -0.25) is 0 Å². The molecule has 0 aromatic heterocycles. The Bertz CT molecular complexity index is 971. The molecule has 0 aliphatic rings. The van der Waals surface area contributed by atoms with Crippen LogP contribution < -0.4 is 9.47 Å². The van der Waals surface area contributed by atoms with Gasteiger partial charge in [0, 0.05) is 0 Å². The van der Waals surface area contributed by atoms with Crippen molar-refractivity contribution in [3.8, 4) is 33.8 Å². The first kappa shape index (κ1) is 22.7. The summed E-state index contributed by atoms with van der Waals surface area (Å²) in [7, 11) is 0. The van der Waals surface area contributed by atoms with Crippen molar-refractivity contribution in [2.45, 2.75) is 46.6 Å². The molecule has 0 saturated carbocycles. The van der Waals surface area contributed by atoms with Gasteiger partial charge < -0.3 is 9.47 Å². The van der Waals surface area contributed by atoms with Gasteiger partial charge in [0.15, 0.2) is 0 Å². The third kappa shape index (κ3) is 6.01. The van der Waals surface area contributed by atoms with Gasteiger partial charge in [-0.25, -0.2) is 0 Å². The number of benzene rings is 3. The molecule has 0 N–H and O–H groups in total. The lowest BCUT2D eigenvalue weighted by Crippen LogP contribution is -2.09. The summed E-state index contributed by atoms with van der Waals surface area (Å²) in [6, 6.07) is 23.2. The normalized spacial score (nSPS) is 12.8. The molecular weight excluding hydrogens is 380 g/mol. The van der Waals surface area contributed by atoms with E-state index in [1.807, 2.05) is 18.2 Å². The van der Waals surface area contributed by atoms with Gasteiger partial charge in [-0.05, 0) is 77.4 Å². The van der Waals surface area contributed by atoms with Crippen LogP contribution in [0.3, 0.4) is 0 Å². The molecular formula is C29H34O2. The zero-order valence-corrected chi connectivity index (χ0v) is 19.2. The number of hydrogen-bond donors (Lipinski definition) is 0. The van der Waals surface area contributed by atoms with E-state index in [4.69, 9.17) is 9.47 Å². The van der Waals surface area contributed by atoms with Crippen LogP contribution in [0, 0.1) is 5.92 Å². The van der Waals surface area contributed by atoms with E-state index < -0.39 is 0 Å². The van der Waals surface area contributed by atoms with Crippen molar-refractivity contribution >= 4 is 6.08 Å². The van der Waals surface area contributed by atoms with Crippen molar-refractivity contribution in [3.05, 3.63) is 78.9 Å². The fourth-order valence-electron chi connectivity index (χ4n) is 3.30. The van der Waals surface area contributed by atoms with Crippen LogP contribution in [0.25, 0.3) is 28.3 Å². The smallest absolute Gasteiger partial charge is 0.119 e. The highest BCUT2D eigenvalue weighted by Gasteiger charge is 2.08. The van der Waals surface area contributed by atoms with E-state index in [0.29, 0.717) is 5.92 Å². The minimum atomic E-state index is 0.226. The monoisotopic (exact) mass is 414 g/mol. The van der Waals surface area contributed by atoms with Gasteiger partial charge in [0.25, 0.3) is 0 Å². The Hall–Kier alpha value is -3.00. The minimum absolute atomic E-state index is 0.226. The maximum atomic E-state index is 5.90. The lowest BCUT2D eigenvalue weighted by molar-refractivity contribution is 0.217. The SMILES string of the molecule is C=Cc1cc(-c2ccc(O[C@@H](C)CC)cc2)ccc1-c1ccc(OC[C@@H](C)CC)cc1. The van der Waals surface area contributed by atoms with Gasteiger partial charge in [-0.15, -0.1) is 0 Å². The first-order valence-corrected chi connectivity index (χ1v) is 11.3. The van der Waals surface area contributed by atoms with Crippen LogP contribution in [0.4, 0.5) is 0 Å². The average Bonchev–Trinajstić information content (AvgIpc) is 2.82. The molecule has 162 valence electrons. The molecule has 0 aliphatic carbocycles. The second-order valence-electron chi connectivity index (χ2n) is 8.22. The lowest BCUT2D eigenvalue weighted by Gasteiger charge is -2.14. The third-order valence-electron chi connectivity index (χ3n) is 5.77. The van der Waals surface area contributed by atoms with Crippen LogP contribution in [-0.4, -0.2) is 12.7 Å². The molecule has 3 rings (SSSR count). The van der Waals surface area contributed by atoms with Crippen LogP contribution in [0.2, 0.25) is 0 Å². The van der Waals surface area contributed by atoms with Gasteiger partial charge in [-0.1, -0.05) is 76.2 Å². The van der Waals surface area contributed by atoms with E-state index in [2.05, 4.69) is 88.9 Å². The molecule has 2 atom stereocenters. The summed E-state index contributed by atoms with van der Waals surface area (Å²) in [4.78, 5) is 0. The van der Waals surface area contributed by atoms with Gasteiger partial charge in [-0.2, -0.15) is 0 Å². The lowest BCUT2D eigenvalue weighted by atomic mass is 9.95. The van der Waals surface area contributed by atoms with Gasteiger partial charge in [0.05, 0.1) is 12.7 Å². The summed E-state index contributed by atoms with van der Waals surface area (Å²) in [6.07, 6.45) is 4.27. The fraction of sp³-hybridized carbons (Fsp3) is 0.310. The van der Waals surface area contributed by atoms with Gasteiger partial charge in [0.2, 0.25) is 0 Å². The summed E-state index contributed by atoms with van der Waals surface area (Å²) >= 11 is 0. The Morgan fingerprint density at radius 3 is 2.00 bits per heavy atom. The number of hydrogen-bond acceptors (Lipinski definition) is 2. The standard InChI is InChI=1S/C29H34O2/c1-6-21(4)20-30-27-14-11-25(12-15-27)29-18-13-26(19-23(29)8-3)24-9-16-28(17-10-24)31-22(5)7-2/h8-19,21-22H,3,6-7,20H2,1-2,4-5H3/t21-,22-/m0/s1. The maximum absolute atomic E-state index is 5.90. The van der Waals surface area contributed by atoms with E-state index in [9.17, 15) is 0 Å². The van der Waals surface area contributed by atoms with Crippen molar-refractivity contribution in [3.63, 3.8) is 0 Å². The van der Waals surface area contributed by atoms with Crippen LogP contribution >= 0.6 is 0 Å². The molecule has 31 heavy (non-hydrogen) atoms. The molecule has 3 aromatic rings. The molecule has 0 saturated heterocycles. The van der Waals surface area contributed by atoms with Crippen molar-refractivity contribution in [2.24, 2.45) is 5.92 Å². The van der Waals surface area contributed by atoms with Crippen LogP contribution in [-0.2, 0) is 0 Å². The molecule has 0 amide bonds. The first-order valence-electron chi connectivity index (χ1n) is 11.3. The molecule has 0 spiro atoms. The largest absolute Gasteiger partial charge is 0.493 e. The second kappa shape index (κ2) is 10.9. The topological polar surface area (TPSA) is 18.5 Å². The summed E-state index contributed by atoms with van der Waals surface area (Å²) in [6.45, 7) is 13.4. The highest BCUT2D eigenvalue weighted by molar-refractivity contribution is 5.79. The van der Waals surface area contributed by atoms with E-state index in [-0.39, 0.29) is 6.10 Å². The van der Waals surface area contributed by atoms with Crippen molar-refractivity contribution < 1.29 is 9.47 Å². The zero-order valence-electron chi connectivity index (χ0n) is 19.2. The molecule has 2 nitrogen and oxygen atoms in total. The van der Waals surface area contributed by atoms with Crippen LogP contribution in [0.1, 0.15) is 46.1 Å². The van der Waals surface area contributed by atoms with Gasteiger partial charge >= 0.3 is 0 Å². The Balaban J connectivity index is 1.78. The Labute approximate surface area is 187 Å².